The van der Waals surface area contributed by atoms with Crippen LogP contribution in [0, 0.1) is 5.41 Å². The molecule has 2 nitrogen and oxygen atoms in total. The van der Waals surface area contributed by atoms with E-state index in [0.717, 1.165) is 19.6 Å². The highest BCUT2D eigenvalue weighted by Crippen LogP contribution is 2.14. The number of ketones is 1. The molecule has 0 aliphatic heterocycles. The molecule has 0 aromatic heterocycles. The molecule has 13 heavy (non-hydrogen) atoms. The van der Waals surface area contributed by atoms with Gasteiger partial charge in [-0.2, -0.15) is 0 Å². The van der Waals surface area contributed by atoms with Gasteiger partial charge in [-0.05, 0) is 18.9 Å². The lowest BCUT2D eigenvalue weighted by molar-refractivity contribution is -0.117. The van der Waals surface area contributed by atoms with Gasteiger partial charge in [0.15, 0.2) is 0 Å². The Morgan fingerprint density at radius 1 is 1.31 bits per heavy atom. The largest absolute Gasteiger partial charge is 0.303 e. The lowest BCUT2D eigenvalue weighted by Gasteiger charge is -2.28. The zero-order valence-electron chi connectivity index (χ0n) is 9.68. The fraction of sp³-hybridized carbons (Fsp3) is 0.909. The first kappa shape index (κ1) is 12.6. The van der Waals surface area contributed by atoms with Crippen LogP contribution >= 0.6 is 0 Å². The van der Waals surface area contributed by atoms with Crippen LogP contribution in [0.1, 0.15) is 41.0 Å². The number of hydrogen-bond donors (Lipinski definition) is 0. The zero-order chi connectivity index (χ0) is 10.5. The number of Topliss-reactive ketones (excluding diaryl/α,β-unsaturated/α-hetero) is 1. The molecule has 0 N–H and O–H groups in total. The van der Waals surface area contributed by atoms with Crippen molar-refractivity contribution in [3.63, 3.8) is 0 Å². The first-order chi connectivity index (χ1) is 5.85. The van der Waals surface area contributed by atoms with Gasteiger partial charge < -0.3 is 4.90 Å². The molecule has 0 spiro atoms. The Balaban J connectivity index is 3.83. The molecule has 0 radical (unpaired) electrons. The van der Waals surface area contributed by atoms with E-state index in [1.807, 2.05) is 0 Å². The second-order valence-electron chi connectivity index (χ2n) is 4.88. The Hall–Kier alpha value is -0.370. The molecule has 0 bridgehead atoms. The fourth-order valence-electron chi connectivity index (χ4n) is 1.34. The third-order valence-corrected chi connectivity index (χ3v) is 1.93. The Kier molecular flexibility index (Phi) is 5.23. The van der Waals surface area contributed by atoms with E-state index >= 15 is 0 Å². The van der Waals surface area contributed by atoms with E-state index in [0.29, 0.717) is 11.8 Å². The summed E-state index contributed by atoms with van der Waals surface area (Å²) in [5.74, 6) is 0.285. The van der Waals surface area contributed by atoms with Gasteiger partial charge in [-0.3, -0.25) is 4.79 Å². The Bertz CT molecular complexity index is 158. The minimum atomic E-state index is 0.285. The molecule has 78 valence electrons. The predicted molar refractivity (Wildman–Crippen MR) is 56.9 cm³/mol. The van der Waals surface area contributed by atoms with Crippen molar-refractivity contribution in [3.05, 3.63) is 0 Å². The molecular weight excluding hydrogens is 162 g/mol. The van der Waals surface area contributed by atoms with Gasteiger partial charge in [0, 0.05) is 19.5 Å². The maximum Gasteiger partial charge on any atom is 0.131 e. The smallest absolute Gasteiger partial charge is 0.131 e. The number of carbonyl (C=O) groups excluding carboxylic acids is 1. The average Bonchev–Trinajstić information content (AvgIpc) is 1.95. The summed E-state index contributed by atoms with van der Waals surface area (Å²) in [6, 6.07) is 0. The van der Waals surface area contributed by atoms with Crippen LogP contribution in [0.5, 0.6) is 0 Å². The quantitative estimate of drug-likeness (QED) is 0.655. The summed E-state index contributed by atoms with van der Waals surface area (Å²) in [6.07, 6.45) is 0.684. The van der Waals surface area contributed by atoms with Gasteiger partial charge in [0.25, 0.3) is 0 Å². The van der Waals surface area contributed by atoms with E-state index in [1.54, 1.807) is 6.92 Å². The van der Waals surface area contributed by atoms with Crippen molar-refractivity contribution in [1.29, 1.82) is 0 Å². The van der Waals surface area contributed by atoms with Gasteiger partial charge in [-0.15, -0.1) is 0 Å². The first-order valence-electron chi connectivity index (χ1n) is 5.07. The molecule has 0 amide bonds. The Morgan fingerprint density at radius 2 is 1.85 bits per heavy atom. The fourth-order valence-corrected chi connectivity index (χ4v) is 1.34. The highest BCUT2D eigenvalue weighted by atomic mass is 16.1. The number of nitrogens with zero attached hydrogens (tertiary/aromatic N) is 1. The molecule has 0 atom stereocenters. The van der Waals surface area contributed by atoms with E-state index in [4.69, 9.17) is 0 Å². The van der Waals surface area contributed by atoms with Crippen molar-refractivity contribution in [2.45, 2.75) is 41.0 Å². The molecule has 0 unspecified atom stereocenters. The van der Waals surface area contributed by atoms with Gasteiger partial charge in [0.2, 0.25) is 0 Å². The normalized spacial score (nSPS) is 12.2. The van der Waals surface area contributed by atoms with Crippen molar-refractivity contribution in [3.8, 4) is 0 Å². The van der Waals surface area contributed by atoms with Crippen LogP contribution in [0.4, 0.5) is 0 Å². The van der Waals surface area contributed by atoms with Crippen LogP contribution in [0.15, 0.2) is 0 Å². The maximum atomic E-state index is 10.8. The van der Waals surface area contributed by atoms with E-state index in [-0.39, 0.29) is 5.78 Å². The summed E-state index contributed by atoms with van der Waals surface area (Å²) in [4.78, 5) is 13.1. The van der Waals surface area contributed by atoms with Crippen LogP contribution in [-0.2, 0) is 4.79 Å². The van der Waals surface area contributed by atoms with E-state index in [2.05, 4.69) is 32.6 Å². The van der Waals surface area contributed by atoms with E-state index in [1.165, 1.54) is 0 Å². The molecule has 0 rings (SSSR count). The summed E-state index contributed by atoms with van der Waals surface area (Å²) in [6.45, 7) is 13.5. The van der Waals surface area contributed by atoms with Crippen molar-refractivity contribution in [1.82, 2.24) is 4.90 Å². The summed E-state index contributed by atoms with van der Waals surface area (Å²) < 4.78 is 0. The monoisotopic (exact) mass is 185 g/mol. The Morgan fingerprint density at radius 3 is 2.15 bits per heavy atom. The molecule has 2 heteroatoms. The molecular formula is C11H23NO. The van der Waals surface area contributed by atoms with E-state index in [9.17, 15) is 4.79 Å². The Labute approximate surface area is 82.3 Å². The topological polar surface area (TPSA) is 20.3 Å². The summed E-state index contributed by atoms with van der Waals surface area (Å²) in [5, 5.41) is 0. The van der Waals surface area contributed by atoms with Gasteiger partial charge in [0.05, 0.1) is 0 Å². The summed E-state index contributed by atoms with van der Waals surface area (Å²) >= 11 is 0. The van der Waals surface area contributed by atoms with Gasteiger partial charge in [-0.25, -0.2) is 0 Å². The highest BCUT2D eigenvalue weighted by molar-refractivity contribution is 5.75. The van der Waals surface area contributed by atoms with Gasteiger partial charge >= 0.3 is 0 Å². The third-order valence-electron chi connectivity index (χ3n) is 1.93. The number of rotatable bonds is 5. The molecule has 0 fully saturated rings. The molecule has 0 heterocycles. The van der Waals surface area contributed by atoms with Crippen LogP contribution in [0.2, 0.25) is 0 Å². The zero-order valence-corrected chi connectivity index (χ0v) is 9.68. The van der Waals surface area contributed by atoms with Gasteiger partial charge in [-0.1, -0.05) is 27.7 Å². The van der Waals surface area contributed by atoms with Crippen molar-refractivity contribution in [2.24, 2.45) is 5.41 Å². The SMILES string of the molecule is CCN(CCC(C)=O)CC(C)(C)C. The minimum absolute atomic E-state index is 0.285. The molecule has 0 aliphatic carbocycles. The molecule has 0 saturated carbocycles. The number of carbonyl (C=O) groups is 1. The van der Waals surface area contributed by atoms with Crippen LogP contribution < -0.4 is 0 Å². The minimum Gasteiger partial charge on any atom is -0.303 e. The molecule has 0 saturated heterocycles. The van der Waals surface area contributed by atoms with Crippen molar-refractivity contribution in [2.75, 3.05) is 19.6 Å². The average molecular weight is 185 g/mol. The first-order valence-corrected chi connectivity index (χ1v) is 5.07. The van der Waals surface area contributed by atoms with Crippen LogP contribution in [0.3, 0.4) is 0 Å². The lowest BCUT2D eigenvalue weighted by atomic mass is 9.96. The van der Waals surface area contributed by atoms with Crippen LogP contribution in [-0.4, -0.2) is 30.3 Å². The summed E-state index contributed by atoms with van der Waals surface area (Å²) in [5.41, 5.74) is 0.326. The molecule has 0 aromatic carbocycles. The second-order valence-corrected chi connectivity index (χ2v) is 4.88. The highest BCUT2D eigenvalue weighted by Gasteiger charge is 2.14. The second kappa shape index (κ2) is 5.38. The molecule has 0 aliphatic rings. The third kappa shape index (κ3) is 7.97. The van der Waals surface area contributed by atoms with Gasteiger partial charge in [0.1, 0.15) is 5.78 Å². The standard InChI is InChI=1S/C11H23NO/c1-6-12(8-7-10(2)13)9-11(3,4)5/h6-9H2,1-5H3. The maximum absolute atomic E-state index is 10.8. The van der Waals surface area contributed by atoms with Crippen molar-refractivity contribution >= 4 is 5.78 Å². The number of hydrogen-bond acceptors (Lipinski definition) is 2. The predicted octanol–water partition coefficient (Wildman–Crippen LogP) is 2.33. The summed E-state index contributed by atoms with van der Waals surface area (Å²) in [7, 11) is 0. The van der Waals surface area contributed by atoms with E-state index < -0.39 is 0 Å². The molecule has 0 aromatic rings. The van der Waals surface area contributed by atoms with Crippen LogP contribution in [0.25, 0.3) is 0 Å². The lowest BCUT2D eigenvalue weighted by Crippen LogP contribution is -2.34. The van der Waals surface area contributed by atoms with Crippen molar-refractivity contribution < 1.29 is 4.79 Å².